The molecule has 1 unspecified atom stereocenters. The Morgan fingerprint density at radius 1 is 1.39 bits per heavy atom. The number of nitrogens with two attached hydrogens (primary N) is 1. The van der Waals surface area contributed by atoms with Gasteiger partial charge >= 0.3 is 0 Å². The highest BCUT2D eigenvalue weighted by atomic mass is 32.1. The lowest BCUT2D eigenvalue weighted by Crippen LogP contribution is -2.36. The molecule has 96 valence electrons. The number of hydrogen-bond acceptors (Lipinski definition) is 7. The minimum absolute atomic E-state index is 0.340. The molecule has 0 bridgehead atoms. The average molecular weight is 266 g/mol. The third-order valence-electron chi connectivity index (χ3n) is 2.84. The van der Waals surface area contributed by atoms with E-state index in [2.05, 4.69) is 10.1 Å². The molecule has 2 aromatic rings. The summed E-state index contributed by atoms with van der Waals surface area (Å²) in [5, 5.41) is 5.96. The summed E-state index contributed by atoms with van der Waals surface area (Å²) in [5.41, 5.74) is 6.07. The number of nitrogens with zero attached hydrogens (tertiary/aromatic N) is 3. The highest BCUT2D eigenvalue weighted by molar-refractivity contribution is 7.10. The van der Waals surface area contributed by atoms with Gasteiger partial charge in [0.25, 0.3) is 11.8 Å². The normalized spacial score (nSPS) is 17.9. The van der Waals surface area contributed by atoms with Gasteiger partial charge in [-0.25, -0.2) is 0 Å². The molecular formula is C11H14N4O2S. The van der Waals surface area contributed by atoms with Gasteiger partial charge in [-0.2, -0.15) is 4.98 Å². The predicted molar refractivity (Wildman–Crippen MR) is 67.7 cm³/mol. The molecule has 0 saturated carbocycles. The van der Waals surface area contributed by atoms with E-state index < -0.39 is 0 Å². The van der Waals surface area contributed by atoms with Gasteiger partial charge in [0.2, 0.25) is 0 Å². The van der Waals surface area contributed by atoms with Gasteiger partial charge in [-0.15, -0.1) is 11.3 Å². The van der Waals surface area contributed by atoms with Crippen molar-refractivity contribution in [2.45, 2.75) is 6.04 Å². The Kier molecular flexibility index (Phi) is 3.26. The second-order valence-electron chi connectivity index (χ2n) is 4.03. The molecule has 0 radical (unpaired) electrons. The van der Waals surface area contributed by atoms with Gasteiger partial charge in [-0.05, 0) is 16.6 Å². The molecular weight excluding hydrogens is 252 g/mol. The molecule has 0 aromatic carbocycles. The fourth-order valence-corrected chi connectivity index (χ4v) is 2.55. The molecule has 6 nitrogen and oxygen atoms in total. The second-order valence-corrected chi connectivity index (χ2v) is 5.00. The summed E-state index contributed by atoms with van der Waals surface area (Å²) in [6.07, 6.45) is 0. The predicted octanol–water partition coefficient (Wildman–Crippen LogP) is 1.02. The van der Waals surface area contributed by atoms with Gasteiger partial charge in [0, 0.05) is 18.0 Å². The molecule has 1 saturated heterocycles. The maximum Gasteiger partial charge on any atom is 0.266 e. The first kappa shape index (κ1) is 11.6. The van der Waals surface area contributed by atoms with Crippen LogP contribution in [-0.4, -0.2) is 36.4 Å². The van der Waals surface area contributed by atoms with Crippen LogP contribution in [0.5, 0.6) is 0 Å². The number of thiophene rings is 1. The molecule has 2 aromatic heterocycles. The van der Waals surface area contributed by atoms with E-state index in [1.807, 2.05) is 22.4 Å². The zero-order valence-electron chi connectivity index (χ0n) is 9.78. The van der Waals surface area contributed by atoms with Crippen molar-refractivity contribution in [1.29, 1.82) is 0 Å². The fraction of sp³-hybridized carbons (Fsp3) is 0.455. The van der Waals surface area contributed by atoms with Gasteiger partial charge in [-0.1, -0.05) is 6.07 Å². The summed E-state index contributed by atoms with van der Waals surface area (Å²) >= 11 is 1.58. The van der Waals surface area contributed by atoms with Crippen LogP contribution < -0.4 is 10.6 Å². The van der Waals surface area contributed by atoms with Crippen LogP contribution in [0.4, 0.5) is 5.95 Å². The summed E-state index contributed by atoms with van der Waals surface area (Å²) in [6, 6.07) is 3.58. The largest absolute Gasteiger partial charge is 0.378 e. The molecule has 0 amide bonds. The van der Waals surface area contributed by atoms with Crippen molar-refractivity contribution in [2.24, 2.45) is 5.73 Å². The summed E-state index contributed by atoms with van der Waals surface area (Å²) < 4.78 is 10.5. The van der Waals surface area contributed by atoms with Crippen LogP contribution >= 0.6 is 11.3 Å². The monoisotopic (exact) mass is 266 g/mol. The van der Waals surface area contributed by atoms with Crippen molar-refractivity contribution < 1.29 is 9.26 Å². The third kappa shape index (κ3) is 2.24. The first-order chi connectivity index (χ1) is 8.84. The van der Waals surface area contributed by atoms with Crippen LogP contribution in [0.25, 0.3) is 0 Å². The van der Waals surface area contributed by atoms with Gasteiger partial charge in [0.1, 0.15) is 6.04 Å². The van der Waals surface area contributed by atoms with Crippen molar-refractivity contribution >= 4 is 17.3 Å². The highest BCUT2D eigenvalue weighted by Crippen LogP contribution is 2.24. The standard InChI is InChI=1S/C11H14N4O2S/c12-9(8-2-1-7-18-8)10-13-11(14-17-10)15-3-5-16-6-4-15/h1-2,7,9H,3-6,12H2. The molecule has 18 heavy (non-hydrogen) atoms. The molecule has 7 heteroatoms. The zero-order chi connectivity index (χ0) is 12.4. The van der Waals surface area contributed by atoms with Crippen LogP contribution in [-0.2, 0) is 4.74 Å². The maximum absolute atomic E-state index is 6.07. The van der Waals surface area contributed by atoms with Gasteiger partial charge in [0.05, 0.1) is 13.2 Å². The first-order valence-corrected chi connectivity index (χ1v) is 6.68. The quantitative estimate of drug-likeness (QED) is 0.893. The fourth-order valence-electron chi connectivity index (χ4n) is 1.84. The van der Waals surface area contributed by atoms with Crippen LogP contribution in [0.2, 0.25) is 0 Å². The summed E-state index contributed by atoms with van der Waals surface area (Å²) in [4.78, 5) is 7.42. The second kappa shape index (κ2) is 5.05. The topological polar surface area (TPSA) is 77.4 Å². The van der Waals surface area contributed by atoms with Gasteiger partial charge in [0.15, 0.2) is 0 Å². The van der Waals surface area contributed by atoms with E-state index >= 15 is 0 Å². The number of ether oxygens (including phenoxy) is 1. The van der Waals surface area contributed by atoms with Gasteiger partial charge < -0.3 is 19.9 Å². The summed E-state index contributed by atoms with van der Waals surface area (Å²) in [6.45, 7) is 2.96. The Morgan fingerprint density at radius 3 is 2.94 bits per heavy atom. The van der Waals surface area contributed by atoms with Gasteiger partial charge in [-0.3, -0.25) is 0 Å². The van der Waals surface area contributed by atoms with Crippen molar-refractivity contribution in [3.8, 4) is 0 Å². The van der Waals surface area contributed by atoms with E-state index in [0.717, 1.165) is 18.0 Å². The van der Waals surface area contributed by atoms with Crippen molar-refractivity contribution in [1.82, 2.24) is 10.1 Å². The third-order valence-corrected chi connectivity index (χ3v) is 3.80. The number of rotatable bonds is 3. The van der Waals surface area contributed by atoms with E-state index in [9.17, 15) is 0 Å². The molecule has 1 atom stereocenters. The molecule has 3 heterocycles. The first-order valence-electron chi connectivity index (χ1n) is 5.80. The Morgan fingerprint density at radius 2 is 2.22 bits per heavy atom. The average Bonchev–Trinajstić information content (AvgIpc) is 3.10. The van der Waals surface area contributed by atoms with Crippen LogP contribution in [0.15, 0.2) is 22.0 Å². The number of morpholine rings is 1. The smallest absolute Gasteiger partial charge is 0.266 e. The minimum Gasteiger partial charge on any atom is -0.378 e. The van der Waals surface area contributed by atoms with Crippen molar-refractivity contribution in [3.63, 3.8) is 0 Å². The number of anilines is 1. The molecule has 1 aliphatic rings. The Hall–Kier alpha value is -1.44. The summed E-state index contributed by atoms with van der Waals surface area (Å²) in [7, 11) is 0. The lowest BCUT2D eigenvalue weighted by molar-refractivity contribution is 0.121. The van der Waals surface area contributed by atoms with E-state index in [1.54, 1.807) is 11.3 Å². The molecule has 1 fully saturated rings. The summed E-state index contributed by atoms with van der Waals surface area (Å²) in [5.74, 6) is 1.05. The minimum atomic E-state index is -0.340. The highest BCUT2D eigenvalue weighted by Gasteiger charge is 2.21. The molecule has 1 aliphatic heterocycles. The van der Waals surface area contributed by atoms with Crippen LogP contribution in [0.1, 0.15) is 16.8 Å². The van der Waals surface area contributed by atoms with E-state index in [1.165, 1.54) is 0 Å². The Balaban J connectivity index is 1.76. The SMILES string of the molecule is NC(c1nc(N2CCOCC2)no1)c1cccs1. The lowest BCUT2D eigenvalue weighted by Gasteiger charge is -2.24. The number of hydrogen-bond donors (Lipinski definition) is 1. The molecule has 0 aliphatic carbocycles. The lowest BCUT2D eigenvalue weighted by atomic mass is 10.2. The van der Waals surface area contributed by atoms with Crippen molar-refractivity contribution in [3.05, 3.63) is 28.3 Å². The van der Waals surface area contributed by atoms with E-state index in [4.69, 9.17) is 15.0 Å². The molecule has 3 rings (SSSR count). The van der Waals surface area contributed by atoms with E-state index in [0.29, 0.717) is 25.1 Å². The van der Waals surface area contributed by atoms with Crippen LogP contribution in [0, 0.1) is 0 Å². The van der Waals surface area contributed by atoms with E-state index in [-0.39, 0.29) is 6.04 Å². The molecule has 2 N–H and O–H groups in total. The zero-order valence-corrected chi connectivity index (χ0v) is 10.6. The number of aromatic nitrogens is 2. The van der Waals surface area contributed by atoms with Crippen molar-refractivity contribution in [2.75, 3.05) is 31.2 Å². The Bertz CT molecular complexity index is 493. The Labute approximate surface area is 108 Å². The maximum atomic E-state index is 6.07. The molecule has 0 spiro atoms. The van der Waals surface area contributed by atoms with Crippen LogP contribution in [0.3, 0.4) is 0 Å².